The number of halogens is 2. The first-order valence-electron chi connectivity index (χ1n) is 14.8. The molecular formula is C32H39F2N5O4. The van der Waals surface area contributed by atoms with Gasteiger partial charge in [0.25, 0.3) is 6.43 Å². The standard InChI is InChI=1S/C32H39F2N5O4/c1-17-36-28(35)22-10-12-39(29(22)37-17)24-15-20(25-26(24)42-32(5,6)41-25)8-7-18-13-21(27(33)34)14-19-9-11-38(16-23(18)19)30(40)43-31(2,3)4/h10,12-15,24-27H,7-9,11,16H2,1-6H3,(H2,35,36,37)/t24-,25-,26+/m1/s1. The van der Waals surface area contributed by atoms with Crippen LogP contribution < -0.4 is 5.73 Å². The first-order valence-corrected chi connectivity index (χ1v) is 14.8. The van der Waals surface area contributed by atoms with E-state index in [1.807, 2.05) is 58.4 Å². The van der Waals surface area contributed by atoms with Gasteiger partial charge in [0.2, 0.25) is 0 Å². The molecule has 3 aliphatic rings. The van der Waals surface area contributed by atoms with E-state index >= 15 is 0 Å². The Morgan fingerprint density at radius 2 is 1.98 bits per heavy atom. The Labute approximate surface area is 250 Å². The topological polar surface area (TPSA) is 105 Å². The first kappa shape index (κ1) is 29.5. The van der Waals surface area contributed by atoms with Crippen LogP contribution >= 0.6 is 0 Å². The number of carbonyl (C=O) groups excluding carboxylic acids is 1. The normalized spacial score (nSPS) is 23.0. The van der Waals surface area contributed by atoms with E-state index in [2.05, 4.69) is 16.0 Å². The van der Waals surface area contributed by atoms with Gasteiger partial charge in [-0.25, -0.2) is 23.5 Å². The van der Waals surface area contributed by atoms with Gasteiger partial charge in [0, 0.05) is 24.8 Å². The Morgan fingerprint density at radius 1 is 1.21 bits per heavy atom. The molecule has 2 N–H and O–H groups in total. The summed E-state index contributed by atoms with van der Waals surface area (Å²) in [4.78, 5) is 23.5. The van der Waals surface area contributed by atoms with Crippen molar-refractivity contribution in [1.82, 2.24) is 19.4 Å². The van der Waals surface area contributed by atoms with Crippen LogP contribution in [0.3, 0.4) is 0 Å². The molecule has 0 bridgehead atoms. The third-order valence-electron chi connectivity index (χ3n) is 8.29. The van der Waals surface area contributed by atoms with Crippen LogP contribution in [0.4, 0.5) is 19.4 Å². The highest BCUT2D eigenvalue weighted by Gasteiger charge is 2.50. The number of benzene rings is 1. The van der Waals surface area contributed by atoms with Crippen LogP contribution in [0, 0.1) is 6.92 Å². The number of fused-ring (bicyclic) bond motifs is 3. The second-order valence-corrected chi connectivity index (χ2v) is 13.1. The molecule has 4 heterocycles. The first-order chi connectivity index (χ1) is 20.2. The van der Waals surface area contributed by atoms with E-state index in [1.165, 1.54) is 0 Å². The summed E-state index contributed by atoms with van der Waals surface area (Å²) in [6, 6.07) is 4.88. The molecule has 1 aromatic carbocycles. The number of aryl methyl sites for hydroxylation is 2. The third kappa shape index (κ3) is 5.72. The number of aromatic nitrogens is 3. The van der Waals surface area contributed by atoms with Gasteiger partial charge in [-0.3, -0.25) is 0 Å². The zero-order valence-electron chi connectivity index (χ0n) is 25.5. The second kappa shape index (κ2) is 10.6. The molecule has 1 amide bonds. The van der Waals surface area contributed by atoms with Crippen molar-refractivity contribution in [3.05, 3.63) is 64.1 Å². The van der Waals surface area contributed by atoms with Crippen LogP contribution in [0.1, 0.15) is 81.6 Å². The summed E-state index contributed by atoms with van der Waals surface area (Å²) in [6.07, 6.45) is 2.10. The molecule has 0 radical (unpaired) electrons. The summed E-state index contributed by atoms with van der Waals surface area (Å²) in [5.74, 6) is 0.215. The maximum absolute atomic E-state index is 13.9. The van der Waals surface area contributed by atoms with Gasteiger partial charge in [-0.2, -0.15) is 0 Å². The summed E-state index contributed by atoms with van der Waals surface area (Å²) < 4.78 is 48.3. The fourth-order valence-electron chi connectivity index (χ4n) is 6.50. The van der Waals surface area contributed by atoms with Crippen molar-refractivity contribution >= 4 is 22.9 Å². The molecule has 1 saturated heterocycles. The number of alkyl halides is 2. The van der Waals surface area contributed by atoms with E-state index in [0.717, 1.165) is 33.3 Å². The third-order valence-corrected chi connectivity index (χ3v) is 8.29. The molecule has 230 valence electrons. The van der Waals surface area contributed by atoms with Gasteiger partial charge in [0.05, 0.1) is 11.4 Å². The predicted molar refractivity (Wildman–Crippen MR) is 158 cm³/mol. The van der Waals surface area contributed by atoms with Crippen LogP contribution in [0.15, 0.2) is 36.0 Å². The highest BCUT2D eigenvalue weighted by Crippen LogP contribution is 2.46. The molecule has 1 fully saturated rings. The lowest BCUT2D eigenvalue weighted by Crippen LogP contribution is -2.40. The minimum absolute atomic E-state index is 0.00339. The van der Waals surface area contributed by atoms with E-state index in [9.17, 15) is 13.6 Å². The van der Waals surface area contributed by atoms with Gasteiger partial charge in [-0.15, -0.1) is 0 Å². The number of hydrogen-bond acceptors (Lipinski definition) is 7. The molecule has 11 heteroatoms. The lowest BCUT2D eigenvalue weighted by Gasteiger charge is -2.32. The molecule has 0 saturated carbocycles. The molecule has 9 nitrogen and oxygen atoms in total. The van der Waals surface area contributed by atoms with Crippen LogP contribution in [0.5, 0.6) is 0 Å². The summed E-state index contributed by atoms with van der Waals surface area (Å²) >= 11 is 0. The minimum atomic E-state index is -2.58. The van der Waals surface area contributed by atoms with Crippen LogP contribution in [-0.4, -0.2) is 55.7 Å². The fourth-order valence-corrected chi connectivity index (χ4v) is 6.50. The molecule has 0 spiro atoms. The van der Waals surface area contributed by atoms with Gasteiger partial charge in [0.15, 0.2) is 5.79 Å². The molecule has 3 atom stereocenters. The van der Waals surface area contributed by atoms with E-state index < -0.39 is 23.9 Å². The molecule has 6 rings (SSSR count). The van der Waals surface area contributed by atoms with Gasteiger partial charge in [-0.1, -0.05) is 6.08 Å². The zero-order chi connectivity index (χ0) is 30.8. The van der Waals surface area contributed by atoms with E-state index in [1.54, 1.807) is 17.0 Å². The van der Waals surface area contributed by atoms with Gasteiger partial charge >= 0.3 is 6.09 Å². The van der Waals surface area contributed by atoms with Gasteiger partial charge in [0.1, 0.15) is 35.1 Å². The highest BCUT2D eigenvalue weighted by atomic mass is 19.3. The molecule has 0 unspecified atom stereocenters. The van der Waals surface area contributed by atoms with Crippen LogP contribution in [0.2, 0.25) is 0 Å². The lowest BCUT2D eigenvalue weighted by molar-refractivity contribution is -0.147. The number of ether oxygens (including phenoxy) is 3. The monoisotopic (exact) mass is 595 g/mol. The average molecular weight is 596 g/mol. The summed E-state index contributed by atoms with van der Waals surface area (Å²) in [7, 11) is 0. The fraction of sp³-hybridized carbons (Fsp3) is 0.531. The summed E-state index contributed by atoms with van der Waals surface area (Å²) in [5.41, 5.74) is 9.90. The summed E-state index contributed by atoms with van der Waals surface area (Å²) in [5, 5.41) is 0.771. The summed E-state index contributed by atoms with van der Waals surface area (Å²) in [6.45, 7) is 11.8. The molecule has 2 aromatic heterocycles. The number of rotatable bonds is 5. The number of amides is 1. The molecular weight excluding hydrogens is 556 g/mol. The van der Waals surface area contributed by atoms with Crippen molar-refractivity contribution in [3.63, 3.8) is 0 Å². The molecule has 43 heavy (non-hydrogen) atoms. The Balaban J connectivity index is 1.31. The average Bonchev–Trinajstić information content (AvgIpc) is 3.56. The number of carbonyl (C=O) groups is 1. The van der Waals surface area contributed by atoms with E-state index in [4.69, 9.17) is 19.9 Å². The van der Waals surface area contributed by atoms with Crippen molar-refractivity contribution in [2.45, 2.75) is 103 Å². The SMILES string of the molecule is Cc1nc(N)c2ccn([C@@H]3C=C(CCc4cc(C(F)F)cc5c4CN(C(=O)OC(C)(C)C)CC5)[C@H]4OC(C)(C)O[C@H]43)c2n1. The van der Waals surface area contributed by atoms with Crippen molar-refractivity contribution in [1.29, 1.82) is 0 Å². The lowest BCUT2D eigenvalue weighted by atomic mass is 9.89. The smallest absolute Gasteiger partial charge is 0.410 e. The predicted octanol–water partition coefficient (Wildman–Crippen LogP) is 6.19. The second-order valence-electron chi connectivity index (χ2n) is 13.1. The number of nitrogens with zero attached hydrogens (tertiary/aromatic N) is 4. The highest BCUT2D eigenvalue weighted by molar-refractivity contribution is 5.86. The molecule has 2 aliphatic heterocycles. The van der Waals surface area contributed by atoms with Crippen molar-refractivity contribution in [2.75, 3.05) is 12.3 Å². The number of anilines is 1. The van der Waals surface area contributed by atoms with Crippen molar-refractivity contribution < 1.29 is 27.8 Å². The van der Waals surface area contributed by atoms with Crippen molar-refractivity contribution in [3.8, 4) is 0 Å². The number of nitrogen functional groups attached to an aromatic ring is 1. The molecule has 3 aromatic rings. The van der Waals surface area contributed by atoms with E-state index in [0.29, 0.717) is 44.0 Å². The van der Waals surface area contributed by atoms with Gasteiger partial charge in [-0.05, 0) is 101 Å². The maximum Gasteiger partial charge on any atom is 0.410 e. The molecule has 1 aliphatic carbocycles. The van der Waals surface area contributed by atoms with Gasteiger partial charge < -0.3 is 29.4 Å². The zero-order valence-corrected chi connectivity index (χ0v) is 25.5. The van der Waals surface area contributed by atoms with E-state index in [-0.39, 0.29) is 23.8 Å². The largest absolute Gasteiger partial charge is 0.444 e. The number of hydrogen-bond donors (Lipinski definition) is 1. The Hall–Kier alpha value is -3.57. The Bertz CT molecular complexity index is 1610. The van der Waals surface area contributed by atoms with Crippen molar-refractivity contribution in [2.24, 2.45) is 0 Å². The Morgan fingerprint density at radius 3 is 2.70 bits per heavy atom. The number of nitrogens with two attached hydrogens (primary N) is 1. The minimum Gasteiger partial charge on any atom is -0.444 e. The quantitative estimate of drug-likeness (QED) is 0.351. The maximum atomic E-state index is 13.9. The van der Waals surface area contributed by atoms with Crippen LogP contribution in [0.25, 0.3) is 11.0 Å². The Kier molecular flexibility index (Phi) is 7.24. The van der Waals surface area contributed by atoms with Crippen LogP contribution in [-0.2, 0) is 33.6 Å².